The first-order chi connectivity index (χ1) is 14.8. The molecule has 0 radical (unpaired) electrons. The first-order valence-electron chi connectivity index (χ1n) is 9.60. The summed E-state index contributed by atoms with van der Waals surface area (Å²) in [7, 11) is 1.52. The van der Waals surface area contributed by atoms with Gasteiger partial charge in [0.05, 0.1) is 12.7 Å². The lowest BCUT2D eigenvalue weighted by molar-refractivity contribution is -0.137. The number of amides is 2. The lowest BCUT2D eigenvalue weighted by Gasteiger charge is -2.34. The van der Waals surface area contributed by atoms with Crippen LogP contribution in [-0.2, 0) is 6.18 Å². The maximum Gasteiger partial charge on any atom is 0.416 e. The number of piperazine rings is 1. The molecule has 0 saturated carbocycles. The minimum atomic E-state index is -4.45. The summed E-state index contributed by atoms with van der Waals surface area (Å²) >= 11 is 0. The molecule has 0 unspecified atom stereocenters. The Bertz CT molecular complexity index is 1110. The molecule has 0 bridgehead atoms. The predicted octanol–water partition coefficient (Wildman–Crippen LogP) is 4.06. The van der Waals surface area contributed by atoms with E-state index in [2.05, 4.69) is 0 Å². The maximum atomic E-state index is 12.8. The standard InChI is InChI=1S/C22H19F3N2O4/c1-30-17-4-2-3-15-13-18(31-19(15)17)21(29)27-11-9-26(10-12-27)20(28)14-5-7-16(8-6-14)22(23,24)25/h2-8,13H,9-12H2,1H3. The quantitative estimate of drug-likeness (QED) is 0.626. The molecule has 1 aromatic heterocycles. The highest BCUT2D eigenvalue weighted by Gasteiger charge is 2.31. The number of benzene rings is 2. The van der Waals surface area contributed by atoms with Gasteiger partial charge in [-0.2, -0.15) is 13.2 Å². The van der Waals surface area contributed by atoms with Crippen molar-refractivity contribution in [2.75, 3.05) is 33.3 Å². The van der Waals surface area contributed by atoms with Gasteiger partial charge in [-0.05, 0) is 36.4 Å². The van der Waals surface area contributed by atoms with Gasteiger partial charge in [0.15, 0.2) is 17.1 Å². The van der Waals surface area contributed by atoms with Crippen molar-refractivity contribution in [2.45, 2.75) is 6.18 Å². The Hall–Kier alpha value is -3.49. The second-order valence-corrected chi connectivity index (χ2v) is 7.15. The van der Waals surface area contributed by atoms with Gasteiger partial charge in [0, 0.05) is 37.1 Å². The Morgan fingerprint density at radius 3 is 2.13 bits per heavy atom. The molecular formula is C22H19F3N2O4. The summed E-state index contributed by atoms with van der Waals surface area (Å²) in [5, 5.41) is 0.749. The predicted molar refractivity (Wildman–Crippen MR) is 106 cm³/mol. The van der Waals surface area contributed by atoms with Gasteiger partial charge in [-0.3, -0.25) is 9.59 Å². The monoisotopic (exact) mass is 432 g/mol. The van der Waals surface area contributed by atoms with Crippen LogP contribution < -0.4 is 4.74 Å². The Morgan fingerprint density at radius 1 is 0.935 bits per heavy atom. The highest BCUT2D eigenvalue weighted by atomic mass is 19.4. The van der Waals surface area contributed by atoms with E-state index in [0.29, 0.717) is 24.4 Å². The molecule has 3 aromatic rings. The van der Waals surface area contributed by atoms with Crippen LogP contribution in [0.4, 0.5) is 13.2 Å². The third-order valence-corrected chi connectivity index (χ3v) is 5.25. The van der Waals surface area contributed by atoms with Crippen molar-refractivity contribution in [1.82, 2.24) is 9.80 Å². The Morgan fingerprint density at radius 2 is 1.55 bits per heavy atom. The van der Waals surface area contributed by atoms with Crippen LogP contribution in [-0.4, -0.2) is 54.9 Å². The fraction of sp³-hybridized carbons (Fsp3) is 0.273. The molecule has 0 atom stereocenters. The number of hydrogen-bond acceptors (Lipinski definition) is 4. The van der Waals surface area contributed by atoms with E-state index in [4.69, 9.17) is 9.15 Å². The van der Waals surface area contributed by atoms with E-state index in [1.807, 2.05) is 6.07 Å². The number of para-hydroxylation sites is 1. The Kier molecular flexibility index (Phi) is 5.34. The lowest BCUT2D eigenvalue weighted by atomic mass is 10.1. The van der Waals surface area contributed by atoms with Gasteiger partial charge in [0.1, 0.15) is 0 Å². The number of hydrogen-bond donors (Lipinski definition) is 0. The molecule has 162 valence electrons. The van der Waals surface area contributed by atoms with Crippen molar-refractivity contribution in [2.24, 2.45) is 0 Å². The van der Waals surface area contributed by atoms with Crippen LogP contribution >= 0.6 is 0 Å². The van der Waals surface area contributed by atoms with Crippen LogP contribution in [0, 0.1) is 0 Å². The van der Waals surface area contributed by atoms with Gasteiger partial charge >= 0.3 is 6.18 Å². The molecule has 9 heteroatoms. The van der Waals surface area contributed by atoms with Crippen molar-refractivity contribution in [1.29, 1.82) is 0 Å². The molecule has 1 aliphatic heterocycles. The summed E-state index contributed by atoms with van der Waals surface area (Å²) in [5.41, 5.74) is -0.136. The summed E-state index contributed by atoms with van der Waals surface area (Å²) in [6.07, 6.45) is -4.45. The van der Waals surface area contributed by atoms with Crippen molar-refractivity contribution < 1.29 is 31.9 Å². The minimum Gasteiger partial charge on any atom is -0.493 e. The number of carbonyl (C=O) groups excluding carboxylic acids is 2. The zero-order chi connectivity index (χ0) is 22.2. The molecule has 0 spiro atoms. The number of rotatable bonds is 3. The van der Waals surface area contributed by atoms with Gasteiger partial charge in [-0.25, -0.2) is 0 Å². The molecule has 1 aliphatic rings. The van der Waals surface area contributed by atoms with Crippen LogP contribution in [0.2, 0.25) is 0 Å². The molecule has 0 N–H and O–H groups in total. The van der Waals surface area contributed by atoms with Crippen LogP contribution in [0.25, 0.3) is 11.0 Å². The summed E-state index contributed by atoms with van der Waals surface area (Å²) in [4.78, 5) is 28.5. The molecule has 6 nitrogen and oxygen atoms in total. The van der Waals surface area contributed by atoms with Gasteiger partial charge in [0.25, 0.3) is 11.8 Å². The van der Waals surface area contributed by atoms with Gasteiger partial charge in [-0.15, -0.1) is 0 Å². The summed E-state index contributed by atoms with van der Waals surface area (Å²) < 4.78 is 49.0. The lowest BCUT2D eigenvalue weighted by Crippen LogP contribution is -2.50. The third-order valence-electron chi connectivity index (χ3n) is 5.25. The topological polar surface area (TPSA) is 63.0 Å². The normalized spacial score (nSPS) is 14.7. The smallest absolute Gasteiger partial charge is 0.416 e. The molecule has 0 aliphatic carbocycles. The van der Waals surface area contributed by atoms with Gasteiger partial charge < -0.3 is 19.0 Å². The van der Waals surface area contributed by atoms with E-state index in [1.165, 1.54) is 24.1 Å². The average Bonchev–Trinajstić information content (AvgIpc) is 3.22. The van der Waals surface area contributed by atoms with Crippen LogP contribution in [0.5, 0.6) is 5.75 Å². The van der Waals surface area contributed by atoms with E-state index in [0.717, 1.165) is 17.5 Å². The number of furan rings is 1. The van der Waals surface area contributed by atoms with Gasteiger partial charge in [-0.1, -0.05) is 12.1 Å². The fourth-order valence-corrected chi connectivity index (χ4v) is 3.56. The van der Waals surface area contributed by atoms with Crippen LogP contribution in [0.1, 0.15) is 26.5 Å². The number of nitrogens with zero attached hydrogens (tertiary/aromatic N) is 2. The highest BCUT2D eigenvalue weighted by Crippen LogP contribution is 2.30. The maximum absolute atomic E-state index is 12.8. The summed E-state index contributed by atoms with van der Waals surface area (Å²) in [5.74, 6) is 0.0553. The number of methoxy groups -OCH3 is 1. The Labute approximate surface area is 175 Å². The molecule has 4 rings (SSSR count). The number of fused-ring (bicyclic) bond motifs is 1. The number of halogens is 3. The van der Waals surface area contributed by atoms with Crippen LogP contribution in [0.15, 0.2) is 52.9 Å². The fourth-order valence-electron chi connectivity index (χ4n) is 3.56. The third kappa shape index (κ3) is 4.08. The highest BCUT2D eigenvalue weighted by molar-refractivity contribution is 5.98. The number of carbonyl (C=O) groups is 2. The van der Waals surface area contributed by atoms with Crippen LogP contribution in [0.3, 0.4) is 0 Å². The Balaban J connectivity index is 1.41. The van der Waals surface area contributed by atoms with Crippen molar-refractivity contribution in [3.05, 3.63) is 65.4 Å². The van der Waals surface area contributed by atoms with Gasteiger partial charge in [0.2, 0.25) is 0 Å². The molecule has 1 fully saturated rings. The summed E-state index contributed by atoms with van der Waals surface area (Å²) in [6.45, 7) is 1.13. The van der Waals surface area contributed by atoms with E-state index in [9.17, 15) is 22.8 Å². The number of ether oxygens (including phenoxy) is 1. The van der Waals surface area contributed by atoms with E-state index in [-0.39, 0.29) is 36.2 Å². The first kappa shape index (κ1) is 20.8. The zero-order valence-corrected chi connectivity index (χ0v) is 16.6. The molecule has 2 heterocycles. The molecule has 2 aromatic carbocycles. The van der Waals surface area contributed by atoms with E-state index in [1.54, 1.807) is 23.1 Å². The first-order valence-corrected chi connectivity index (χ1v) is 9.60. The second kappa shape index (κ2) is 7.98. The van der Waals surface area contributed by atoms with E-state index >= 15 is 0 Å². The molecule has 31 heavy (non-hydrogen) atoms. The van der Waals surface area contributed by atoms with Crippen molar-refractivity contribution >= 4 is 22.8 Å². The summed E-state index contributed by atoms with van der Waals surface area (Å²) in [6, 6.07) is 11.1. The molecule has 1 saturated heterocycles. The molecular weight excluding hydrogens is 413 g/mol. The SMILES string of the molecule is COc1cccc2cc(C(=O)N3CCN(C(=O)c4ccc(C(F)(F)F)cc4)CC3)oc12. The minimum absolute atomic E-state index is 0.178. The largest absolute Gasteiger partial charge is 0.493 e. The number of alkyl halides is 3. The zero-order valence-electron chi connectivity index (χ0n) is 16.6. The van der Waals surface area contributed by atoms with Crippen molar-refractivity contribution in [3.8, 4) is 5.75 Å². The second-order valence-electron chi connectivity index (χ2n) is 7.15. The molecule has 2 amide bonds. The average molecular weight is 432 g/mol. The van der Waals surface area contributed by atoms with E-state index < -0.39 is 11.7 Å². The van der Waals surface area contributed by atoms with Crippen molar-refractivity contribution in [3.63, 3.8) is 0 Å².